The Morgan fingerprint density at radius 2 is 2.05 bits per heavy atom. The molecule has 0 radical (unpaired) electrons. The number of carbonyl (C=O) groups excluding carboxylic acids is 2. The van der Waals surface area contributed by atoms with Gasteiger partial charge in [0.1, 0.15) is 11.6 Å². The average Bonchev–Trinajstić information content (AvgIpc) is 3.63. The standard InChI is InChI=1S/C28H34FN5O3/c1-5-28(4)12-22(35)34(26(30)33-28)23(16-10-17(29)14-31-13-16)19-11-20(19)25(36)32-24-18-8-6-7-9-21(18)37-15-27(24,2)3/h6-10,13-14,19-20,23-24H,5,11-12,15H2,1-4H3,(H2,30,33)(H,32,36). The van der Waals surface area contributed by atoms with Gasteiger partial charge in [0.05, 0.1) is 36.8 Å². The van der Waals surface area contributed by atoms with E-state index in [1.54, 1.807) is 0 Å². The van der Waals surface area contributed by atoms with E-state index in [9.17, 15) is 14.0 Å². The maximum atomic E-state index is 14.2. The van der Waals surface area contributed by atoms with Crippen LogP contribution in [0.2, 0.25) is 0 Å². The lowest BCUT2D eigenvalue weighted by Gasteiger charge is -2.40. The molecule has 3 heterocycles. The molecule has 3 N–H and O–H groups in total. The van der Waals surface area contributed by atoms with Crippen LogP contribution in [0.15, 0.2) is 47.7 Å². The number of nitrogens with one attached hydrogen (secondary N) is 1. The van der Waals surface area contributed by atoms with E-state index >= 15 is 0 Å². The highest BCUT2D eigenvalue weighted by atomic mass is 19.1. The summed E-state index contributed by atoms with van der Waals surface area (Å²) in [6.45, 7) is 8.47. The fourth-order valence-electron chi connectivity index (χ4n) is 5.59. The molecule has 2 amide bonds. The summed E-state index contributed by atoms with van der Waals surface area (Å²) in [4.78, 5) is 37.0. The van der Waals surface area contributed by atoms with E-state index in [-0.39, 0.29) is 47.5 Å². The molecule has 5 unspecified atom stereocenters. The van der Waals surface area contributed by atoms with Crippen LogP contribution in [0.4, 0.5) is 4.39 Å². The largest absolute Gasteiger partial charge is 0.493 e. The van der Waals surface area contributed by atoms with Gasteiger partial charge in [-0.2, -0.15) is 0 Å². The molecule has 3 aliphatic rings. The predicted octanol–water partition coefficient (Wildman–Crippen LogP) is 3.89. The normalized spacial score (nSPS) is 29.0. The van der Waals surface area contributed by atoms with Crippen LogP contribution in [-0.4, -0.2) is 39.8 Å². The van der Waals surface area contributed by atoms with E-state index in [0.29, 0.717) is 25.0 Å². The zero-order valence-electron chi connectivity index (χ0n) is 21.7. The van der Waals surface area contributed by atoms with Gasteiger partial charge in [0.25, 0.3) is 0 Å². The molecule has 2 aromatic rings. The number of nitrogens with zero attached hydrogens (tertiary/aromatic N) is 3. The topological polar surface area (TPSA) is 110 Å². The zero-order chi connectivity index (χ0) is 26.5. The third-order valence-electron chi connectivity index (χ3n) is 8.02. The van der Waals surface area contributed by atoms with E-state index < -0.39 is 17.4 Å². The van der Waals surface area contributed by atoms with Crippen LogP contribution in [0.3, 0.4) is 0 Å². The van der Waals surface area contributed by atoms with Crippen LogP contribution in [0, 0.1) is 23.1 Å². The Labute approximate surface area is 216 Å². The Morgan fingerprint density at radius 1 is 1.30 bits per heavy atom. The molecule has 196 valence electrons. The highest BCUT2D eigenvalue weighted by Gasteiger charge is 2.54. The third kappa shape index (κ3) is 4.67. The van der Waals surface area contributed by atoms with Crippen molar-refractivity contribution in [1.29, 1.82) is 0 Å². The predicted molar refractivity (Wildman–Crippen MR) is 137 cm³/mol. The smallest absolute Gasteiger partial charge is 0.232 e. The molecule has 8 nitrogen and oxygen atoms in total. The molecular weight excluding hydrogens is 473 g/mol. The number of carbonyl (C=O) groups is 2. The minimum Gasteiger partial charge on any atom is -0.493 e. The average molecular weight is 508 g/mol. The van der Waals surface area contributed by atoms with Gasteiger partial charge in [0, 0.05) is 23.1 Å². The van der Waals surface area contributed by atoms with Crippen molar-refractivity contribution in [2.45, 2.75) is 64.6 Å². The Morgan fingerprint density at radius 3 is 2.76 bits per heavy atom. The van der Waals surface area contributed by atoms with Gasteiger partial charge >= 0.3 is 0 Å². The second kappa shape index (κ2) is 9.11. The van der Waals surface area contributed by atoms with Gasteiger partial charge in [-0.1, -0.05) is 39.0 Å². The van der Waals surface area contributed by atoms with E-state index in [4.69, 9.17) is 10.5 Å². The van der Waals surface area contributed by atoms with Crippen LogP contribution in [0.25, 0.3) is 0 Å². The molecule has 37 heavy (non-hydrogen) atoms. The van der Waals surface area contributed by atoms with Crippen molar-refractivity contribution in [2.24, 2.45) is 28.0 Å². The third-order valence-corrected chi connectivity index (χ3v) is 8.02. The summed E-state index contributed by atoms with van der Waals surface area (Å²) in [5.41, 5.74) is 6.90. The summed E-state index contributed by atoms with van der Waals surface area (Å²) in [5.74, 6) is -0.539. The van der Waals surface area contributed by atoms with Gasteiger partial charge in [-0.3, -0.25) is 19.5 Å². The lowest BCUT2D eigenvalue weighted by molar-refractivity contribution is -0.132. The van der Waals surface area contributed by atoms with Crippen LogP contribution in [0.1, 0.15) is 70.2 Å². The van der Waals surface area contributed by atoms with Crippen molar-refractivity contribution in [3.8, 4) is 5.75 Å². The van der Waals surface area contributed by atoms with Crippen molar-refractivity contribution in [2.75, 3.05) is 6.61 Å². The first kappa shape index (κ1) is 25.2. The van der Waals surface area contributed by atoms with Crippen molar-refractivity contribution in [1.82, 2.24) is 15.2 Å². The van der Waals surface area contributed by atoms with Gasteiger partial charge in [-0.05, 0) is 43.4 Å². The van der Waals surface area contributed by atoms with Crippen molar-refractivity contribution < 1.29 is 18.7 Å². The molecule has 5 rings (SSSR count). The Bertz CT molecular complexity index is 1260. The number of guanidine groups is 1. The van der Waals surface area contributed by atoms with Gasteiger partial charge < -0.3 is 15.8 Å². The highest BCUT2D eigenvalue weighted by molar-refractivity contribution is 5.99. The molecule has 9 heteroatoms. The van der Waals surface area contributed by atoms with Gasteiger partial charge in [0.15, 0.2) is 5.96 Å². The maximum Gasteiger partial charge on any atom is 0.232 e. The lowest BCUT2D eigenvalue weighted by Crippen LogP contribution is -2.52. The molecule has 1 aromatic heterocycles. The van der Waals surface area contributed by atoms with E-state index in [1.807, 2.05) is 38.1 Å². The van der Waals surface area contributed by atoms with E-state index in [2.05, 4.69) is 29.1 Å². The van der Waals surface area contributed by atoms with Crippen LogP contribution in [-0.2, 0) is 9.59 Å². The van der Waals surface area contributed by atoms with Crippen LogP contribution >= 0.6 is 0 Å². The minimum atomic E-state index is -0.633. The summed E-state index contributed by atoms with van der Waals surface area (Å²) < 4.78 is 20.1. The summed E-state index contributed by atoms with van der Waals surface area (Å²) in [6, 6.07) is 8.23. The number of aliphatic imine (C=N–C) groups is 1. The monoisotopic (exact) mass is 507 g/mol. The molecule has 0 saturated heterocycles. The quantitative estimate of drug-likeness (QED) is 0.617. The van der Waals surface area contributed by atoms with Crippen molar-refractivity contribution in [3.05, 3.63) is 59.7 Å². The number of rotatable bonds is 6. The van der Waals surface area contributed by atoms with Crippen LogP contribution in [0.5, 0.6) is 5.75 Å². The Kier molecular flexibility index (Phi) is 6.20. The Balaban J connectivity index is 1.43. The number of hydrogen-bond donors (Lipinski definition) is 2. The van der Waals surface area contributed by atoms with Gasteiger partial charge in [0.2, 0.25) is 11.8 Å². The lowest BCUT2D eigenvalue weighted by atomic mass is 9.79. The molecule has 1 aliphatic carbocycles. The van der Waals surface area contributed by atoms with Gasteiger partial charge in [-0.25, -0.2) is 9.38 Å². The number of nitrogens with two attached hydrogens (primary N) is 1. The first-order chi connectivity index (χ1) is 17.5. The number of amides is 2. The minimum absolute atomic E-state index is 0.0976. The second-order valence-electron chi connectivity index (χ2n) is 11.4. The van der Waals surface area contributed by atoms with Crippen molar-refractivity contribution >= 4 is 17.8 Å². The molecule has 1 saturated carbocycles. The molecule has 2 aliphatic heterocycles. The van der Waals surface area contributed by atoms with E-state index in [1.165, 1.54) is 17.2 Å². The molecule has 1 aromatic carbocycles. The second-order valence-corrected chi connectivity index (χ2v) is 11.4. The number of fused-ring (bicyclic) bond motifs is 1. The molecule has 0 spiro atoms. The molecular formula is C28H34FN5O3. The number of pyridine rings is 1. The van der Waals surface area contributed by atoms with Gasteiger partial charge in [-0.15, -0.1) is 0 Å². The summed E-state index contributed by atoms with van der Waals surface area (Å²) >= 11 is 0. The first-order valence-electron chi connectivity index (χ1n) is 12.8. The SMILES string of the molecule is CCC1(C)CC(=O)N(C(c2cncc(F)c2)C2CC2C(=O)NC2c3ccccc3OCC2(C)C)C(N)=N1. The highest BCUT2D eigenvalue weighted by Crippen LogP contribution is 2.52. The Hall–Kier alpha value is -3.49. The number of hydrogen-bond acceptors (Lipinski definition) is 6. The number of halogens is 1. The number of benzene rings is 1. The molecule has 5 atom stereocenters. The maximum absolute atomic E-state index is 14.2. The number of para-hydroxylation sites is 1. The molecule has 1 fully saturated rings. The summed E-state index contributed by atoms with van der Waals surface area (Å²) in [6.07, 6.45) is 4.05. The summed E-state index contributed by atoms with van der Waals surface area (Å²) in [5, 5.41) is 3.25. The number of aromatic nitrogens is 1. The fraction of sp³-hybridized carbons (Fsp3) is 0.500. The van der Waals surface area contributed by atoms with E-state index in [0.717, 1.165) is 17.5 Å². The zero-order valence-corrected chi connectivity index (χ0v) is 21.7. The summed E-state index contributed by atoms with van der Waals surface area (Å²) in [7, 11) is 0. The van der Waals surface area contributed by atoms with Crippen molar-refractivity contribution in [3.63, 3.8) is 0 Å². The first-order valence-corrected chi connectivity index (χ1v) is 12.8. The number of ether oxygens (including phenoxy) is 1. The fourth-order valence-corrected chi connectivity index (χ4v) is 5.59. The molecule has 0 bridgehead atoms. The van der Waals surface area contributed by atoms with Crippen LogP contribution < -0.4 is 15.8 Å².